The summed E-state index contributed by atoms with van der Waals surface area (Å²) in [7, 11) is 1.46. The number of carbonyl (C=O) groups is 3. The number of nitrogens with one attached hydrogen (secondary N) is 2. The van der Waals surface area contributed by atoms with E-state index in [-0.39, 0.29) is 32.0 Å². The molecule has 32 heavy (non-hydrogen) atoms. The highest BCUT2D eigenvalue weighted by molar-refractivity contribution is 6.30. The van der Waals surface area contributed by atoms with Crippen molar-refractivity contribution in [3.8, 4) is 11.5 Å². The molecule has 0 aromatic heterocycles. The van der Waals surface area contributed by atoms with Crippen LogP contribution in [0.25, 0.3) is 0 Å². The van der Waals surface area contributed by atoms with Crippen LogP contribution in [0.1, 0.15) is 25.3 Å². The van der Waals surface area contributed by atoms with Crippen LogP contribution in [-0.4, -0.2) is 44.3 Å². The second-order valence-electron chi connectivity index (χ2n) is 6.36. The molecular weight excluding hydrogens is 438 g/mol. The Hall–Kier alpha value is -3.59. The quantitative estimate of drug-likeness (QED) is 0.302. The summed E-state index contributed by atoms with van der Waals surface area (Å²) in [6.07, 6.45) is 1.38. The van der Waals surface area contributed by atoms with Crippen LogP contribution in [0.4, 0.5) is 5.69 Å². The van der Waals surface area contributed by atoms with E-state index in [2.05, 4.69) is 15.8 Å². The number of halogens is 1. The van der Waals surface area contributed by atoms with E-state index >= 15 is 0 Å². The number of methoxy groups -OCH3 is 1. The normalized spacial score (nSPS) is 10.5. The van der Waals surface area contributed by atoms with Crippen molar-refractivity contribution >= 4 is 41.3 Å². The van der Waals surface area contributed by atoms with E-state index in [1.54, 1.807) is 49.4 Å². The van der Waals surface area contributed by atoms with Gasteiger partial charge in [0.1, 0.15) is 0 Å². The van der Waals surface area contributed by atoms with Crippen LogP contribution in [0.15, 0.2) is 47.6 Å². The minimum Gasteiger partial charge on any atom is -0.493 e. The predicted molar refractivity (Wildman–Crippen MR) is 120 cm³/mol. The van der Waals surface area contributed by atoms with Gasteiger partial charge in [-0.15, -0.1) is 0 Å². The van der Waals surface area contributed by atoms with Crippen LogP contribution in [0.2, 0.25) is 5.02 Å². The molecule has 0 saturated carbocycles. The Morgan fingerprint density at radius 3 is 2.56 bits per heavy atom. The summed E-state index contributed by atoms with van der Waals surface area (Å²) < 4.78 is 15.4. The van der Waals surface area contributed by atoms with Gasteiger partial charge in [-0.1, -0.05) is 17.7 Å². The minimum atomic E-state index is -0.482. The summed E-state index contributed by atoms with van der Waals surface area (Å²) in [5.41, 5.74) is 3.55. The molecule has 2 aromatic carbocycles. The number of hydrogen-bond acceptors (Lipinski definition) is 7. The van der Waals surface area contributed by atoms with Crippen molar-refractivity contribution in [3.05, 3.63) is 53.1 Å². The highest BCUT2D eigenvalue weighted by Crippen LogP contribution is 2.27. The molecule has 2 rings (SSSR count). The standard InChI is InChI=1S/C22H24ClN3O6/c1-3-31-22(29)14-32-18-8-7-15(11-19(18)30-2)13-24-26-21(28)10-9-20(27)25-17-6-4-5-16(23)12-17/h4-8,11-13H,3,9-10,14H2,1-2H3,(H,25,27)(H,26,28). The van der Waals surface area contributed by atoms with Crippen LogP contribution in [-0.2, 0) is 19.1 Å². The Balaban J connectivity index is 1.80. The first kappa shape index (κ1) is 24.7. The topological polar surface area (TPSA) is 115 Å². The fourth-order valence-corrected chi connectivity index (χ4v) is 2.66. The zero-order valence-corrected chi connectivity index (χ0v) is 18.5. The Morgan fingerprint density at radius 1 is 1.06 bits per heavy atom. The Bertz CT molecular complexity index is 980. The number of carbonyl (C=O) groups excluding carboxylic acids is 3. The maximum absolute atomic E-state index is 11.9. The molecule has 0 aliphatic heterocycles. The van der Waals surface area contributed by atoms with E-state index < -0.39 is 11.9 Å². The molecule has 2 aromatic rings. The molecule has 0 radical (unpaired) electrons. The molecule has 9 nitrogen and oxygen atoms in total. The van der Waals surface area contributed by atoms with Crippen molar-refractivity contribution < 1.29 is 28.6 Å². The monoisotopic (exact) mass is 461 g/mol. The fourth-order valence-electron chi connectivity index (χ4n) is 2.47. The first-order chi connectivity index (χ1) is 15.4. The molecule has 2 amide bonds. The summed E-state index contributed by atoms with van der Waals surface area (Å²) in [6, 6.07) is 11.7. The largest absolute Gasteiger partial charge is 0.493 e. The SMILES string of the molecule is CCOC(=O)COc1ccc(C=NNC(=O)CCC(=O)Nc2cccc(Cl)c2)cc1OC. The number of esters is 1. The fraction of sp³-hybridized carbons (Fsp3) is 0.273. The minimum absolute atomic E-state index is 0.00576. The van der Waals surface area contributed by atoms with E-state index in [9.17, 15) is 14.4 Å². The van der Waals surface area contributed by atoms with E-state index in [1.165, 1.54) is 13.3 Å². The summed E-state index contributed by atoms with van der Waals surface area (Å²) in [5.74, 6) is -0.447. The lowest BCUT2D eigenvalue weighted by Crippen LogP contribution is -2.20. The van der Waals surface area contributed by atoms with Crippen LogP contribution >= 0.6 is 11.6 Å². The second kappa shape index (κ2) is 13.0. The first-order valence-corrected chi connectivity index (χ1v) is 10.1. The highest BCUT2D eigenvalue weighted by atomic mass is 35.5. The van der Waals surface area contributed by atoms with Crippen molar-refractivity contribution in [1.82, 2.24) is 5.43 Å². The van der Waals surface area contributed by atoms with Gasteiger partial charge in [0.2, 0.25) is 11.8 Å². The van der Waals surface area contributed by atoms with E-state index in [4.69, 9.17) is 25.8 Å². The number of hydrogen-bond donors (Lipinski definition) is 2. The third-order valence-electron chi connectivity index (χ3n) is 3.93. The van der Waals surface area contributed by atoms with E-state index in [0.29, 0.717) is 27.8 Å². The van der Waals surface area contributed by atoms with Gasteiger partial charge in [0.15, 0.2) is 18.1 Å². The van der Waals surface area contributed by atoms with Gasteiger partial charge in [0.05, 0.1) is 19.9 Å². The van der Waals surface area contributed by atoms with Crippen molar-refractivity contribution in [2.24, 2.45) is 5.10 Å². The molecule has 0 aliphatic rings. The second-order valence-corrected chi connectivity index (χ2v) is 6.79. The van der Waals surface area contributed by atoms with Crippen molar-refractivity contribution in [2.75, 3.05) is 25.6 Å². The molecule has 0 heterocycles. The van der Waals surface area contributed by atoms with Gasteiger partial charge in [-0.25, -0.2) is 10.2 Å². The maximum atomic E-state index is 11.9. The number of ether oxygens (including phenoxy) is 3. The lowest BCUT2D eigenvalue weighted by Gasteiger charge is -2.10. The summed E-state index contributed by atoms with van der Waals surface area (Å²) in [6.45, 7) is 1.74. The van der Waals surface area contributed by atoms with Gasteiger partial charge < -0.3 is 19.5 Å². The summed E-state index contributed by atoms with van der Waals surface area (Å²) >= 11 is 5.87. The molecule has 0 atom stereocenters. The van der Waals surface area contributed by atoms with Crippen molar-refractivity contribution in [3.63, 3.8) is 0 Å². The number of benzene rings is 2. The number of anilines is 1. The third-order valence-corrected chi connectivity index (χ3v) is 4.16. The van der Waals surface area contributed by atoms with Crippen LogP contribution < -0.4 is 20.2 Å². The lowest BCUT2D eigenvalue weighted by molar-refractivity contribution is -0.145. The number of nitrogens with zero attached hydrogens (tertiary/aromatic N) is 1. The Labute approximate surface area is 190 Å². The average Bonchev–Trinajstić information content (AvgIpc) is 2.77. The van der Waals surface area contributed by atoms with Crippen LogP contribution in [0.3, 0.4) is 0 Å². The Morgan fingerprint density at radius 2 is 1.84 bits per heavy atom. The van der Waals surface area contributed by atoms with Gasteiger partial charge in [-0.05, 0) is 48.9 Å². The van der Waals surface area contributed by atoms with Gasteiger partial charge in [-0.3, -0.25) is 9.59 Å². The molecular formula is C22H24ClN3O6. The molecule has 0 saturated heterocycles. The zero-order chi connectivity index (χ0) is 23.3. The number of amides is 2. The first-order valence-electron chi connectivity index (χ1n) is 9.75. The van der Waals surface area contributed by atoms with Crippen molar-refractivity contribution in [2.45, 2.75) is 19.8 Å². The lowest BCUT2D eigenvalue weighted by atomic mass is 10.2. The molecule has 0 bridgehead atoms. The molecule has 0 unspecified atom stereocenters. The zero-order valence-electron chi connectivity index (χ0n) is 17.7. The van der Waals surface area contributed by atoms with Crippen LogP contribution in [0, 0.1) is 0 Å². The third kappa shape index (κ3) is 8.65. The summed E-state index contributed by atoms with van der Waals surface area (Å²) in [5, 5.41) is 7.04. The molecule has 0 fully saturated rings. The van der Waals surface area contributed by atoms with E-state index in [0.717, 1.165) is 0 Å². The molecule has 0 spiro atoms. The van der Waals surface area contributed by atoms with Gasteiger partial charge >= 0.3 is 5.97 Å². The summed E-state index contributed by atoms with van der Waals surface area (Å²) in [4.78, 5) is 35.2. The van der Waals surface area contributed by atoms with Gasteiger partial charge in [-0.2, -0.15) is 5.10 Å². The highest BCUT2D eigenvalue weighted by Gasteiger charge is 2.09. The smallest absolute Gasteiger partial charge is 0.344 e. The number of hydrazone groups is 1. The van der Waals surface area contributed by atoms with Gasteiger partial charge in [0, 0.05) is 23.6 Å². The average molecular weight is 462 g/mol. The van der Waals surface area contributed by atoms with E-state index in [1.807, 2.05) is 0 Å². The van der Waals surface area contributed by atoms with Crippen LogP contribution in [0.5, 0.6) is 11.5 Å². The molecule has 2 N–H and O–H groups in total. The number of rotatable bonds is 11. The molecule has 10 heteroatoms. The van der Waals surface area contributed by atoms with Gasteiger partial charge in [0.25, 0.3) is 0 Å². The predicted octanol–water partition coefficient (Wildman–Crippen LogP) is 3.16. The van der Waals surface area contributed by atoms with Crippen molar-refractivity contribution in [1.29, 1.82) is 0 Å². The molecule has 0 aliphatic carbocycles. The maximum Gasteiger partial charge on any atom is 0.344 e. The molecule has 170 valence electrons. The Kier molecular flexibility index (Phi) is 9.99.